The van der Waals surface area contributed by atoms with Gasteiger partial charge in [-0.25, -0.2) is 4.39 Å². The summed E-state index contributed by atoms with van der Waals surface area (Å²) in [4.78, 5) is 27.1. The number of benzene rings is 2. The van der Waals surface area contributed by atoms with Crippen LogP contribution in [-0.4, -0.2) is 36.4 Å². The fourth-order valence-corrected chi connectivity index (χ4v) is 3.05. The fourth-order valence-electron chi connectivity index (χ4n) is 3.05. The summed E-state index contributed by atoms with van der Waals surface area (Å²) >= 11 is 0. The molecule has 0 radical (unpaired) electrons. The van der Waals surface area contributed by atoms with Crippen molar-refractivity contribution in [2.24, 2.45) is 0 Å². The molecule has 0 aliphatic heterocycles. The summed E-state index contributed by atoms with van der Waals surface area (Å²) in [5, 5.41) is 2.78. The van der Waals surface area contributed by atoms with Crippen molar-refractivity contribution in [3.05, 3.63) is 65.5 Å². The summed E-state index contributed by atoms with van der Waals surface area (Å²) in [5.41, 5.74) is 1.18. The molecule has 0 fully saturated rings. The molecule has 1 atom stereocenters. The van der Waals surface area contributed by atoms with E-state index in [1.807, 2.05) is 38.1 Å². The number of amides is 2. The Bertz CT molecular complexity index is 793. The van der Waals surface area contributed by atoms with E-state index < -0.39 is 11.9 Å². The highest BCUT2D eigenvalue weighted by atomic mass is 19.1. The lowest BCUT2D eigenvalue weighted by molar-refractivity contribution is -0.140. The molecular weight excluding hydrogens is 359 g/mol. The molecule has 2 rings (SSSR count). The van der Waals surface area contributed by atoms with Gasteiger partial charge in [0, 0.05) is 13.1 Å². The first-order chi connectivity index (χ1) is 13.5. The lowest BCUT2D eigenvalue weighted by atomic mass is 10.1. The molecule has 0 aliphatic carbocycles. The van der Waals surface area contributed by atoms with Gasteiger partial charge in [-0.1, -0.05) is 37.3 Å². The number of carbonyl (C=O) groups is 2. The third kappa shape index (κ3) is 5.55. The summed E-state index contributed by atoms with van der Waals surface area (Å²) in [7, 11) is 1.58. The second-order valence-corrected chi connectivity index (χ2v) is 6.46. The molecular formula is C22H27FN2O3. The van der Waals surface area contributed by atoms with E-state index in [0.717, 1.165) is 5.56 Å². The van der Waals surface area contributed by atoms with Crippen LogP contribution in [0.1, 0.15) is 31.4 Å². The number of hydrogen-bond acceptors (Lipinski definition) is 3. The minimum atomic E-state index is -0.624. The van der Waals surface area contributed by atoms with Crippen molar-refractivity contribution in [1.29, 1.82) is 0 Å². The quantitative estimate of drug-likeness (QED) is 0.719. The van der Waals surface area contributed by atoms with Crippen molar-refractivity contribution in [3.63, 3.8) is 0 Å². The molecule has 0 bridgehead atoms. The van der Waals surface area contributed by atoms with Gasteiger partial charge in [-0.05, 0) is 42.7 Å². The van der Waals surface area contributed by atoms with Crippen molar-refractivity contribution in [2.45, 2.75) is 39.3 Å². The van der Waals surface area contributed by atoms with Gasteiger partial charge in [0.25, 0.3) is 0 Å². The molecule has 0 aliphatic rings. The van der Waals surface area contributed by atoms with Crippen molar-refractivity contribution >= 4 is 11.8 Å². The van der Waals surface area contributed by atoms with E-state index in [1.165, 1.54) is 11.0 Å². The normalized spacial score (nSPS) is 11.6. The first kappa shape index (κ1) is 21.4. The fraction of sp³-hybridized carbons (Fsp3) is 0.364. The van der Waals surface area contributed by atoms with Crippen LogP contribution in [-0.2, 0) is 22.6 Å². The van der Waals surface area contributed by atoms with Crippen molar-refractivity contribution in [1.82, 2.24) is 10.2 Å². The molecule has 2 aromatic rings. The van der Waals surface area contributed by atoms with Crippen LogP contribution >= 0.6 is 0 Å². The predicted molar refractivity (Wildman–Crippen MR) is 106 cm³/mol. The zero-order valence-electron chi connectivity index (χ0n) is 16.6. The smallest absolute Gasteiger partial charge is 0.242 e. The van der Waals surface area contributed by atoms with E-state index in [4.69, 9.17) is 4.74 Å². The largest absolute Gasteiger partial charge is 0.497 e. The minimum absolute atomic E-state index is 0.0985. The van der Waals surface area contributed by atoms with E-state index >= 15 is 0 Å². The van der Waals surface area contributed by atoms with E-state index in [-0.39, 0.29) is 24.8 Å². The van der Waals surface area contributed by atoms with Crippen LogP contribution in [0.4, 0.5) is 4.39 Å². The van der Waals surface area contributed by atoms with E-state index in [2.05, 4.69) is 5.32 Å². The summed E-state index contributed by atoms with van der Waals surface area (Å²) in [6.45, 7) is 4.43. The maximum absolute atomic E-state index is 14.0. The number of carbonyl (C=O) groups excluding carboxylic acids is 2. The number of likely N-dealkylation sites (N-methyl/N-ethyl adjacent to an activating group) is 1. The third-order valence-electron chi connectivity index (χ3n) is 4.55. The Hall–Kier alpha value is -2.89. The van der Waals surface area contributed by atoms with Gasteiger partial charge in [-0.3, -0.25) is 9.59 Å². The number of methoxy groups -OCH3 is 1. The number of halogens is 1. The van der Waals surface area contributed by atoms with Gasteiger partial charge in [0.05, 0.1) is 13.5 Å². The number of rotatable bonds is 9. The van der Waals surface area contributed by atoms with Crippen LogP contribution in [0.15, 0.2) is 48.5 Å². The Morgan fingerprint density at radius 3 is 2.36 bits per heavy atom. The van der Waals surface area contributed by atoms with Gasteiger partial charge in [0.15, 0.2) is 0 Å². The maximum Gasteiger partial charge on any atom is 0.242 e. The lowest BCUT2D eigenvalue weighted by Crippen LogP contribution is -2.49. The van der Waals surface area contributed by atoms with Crippen LogP contribution in [0.25, 0.3) is 0 Å². The Labute approximate surface area is 165 Å². The summed E-state index contributed by atoms with van der Waals surface area (Å²) in [6.07, 6.45) is 0.365. The van der Waals surface area contributed by atoms with Crippen LogP contribution in [0.5, 0.6) is 5.75 Å². The molecule has 0 saturated carbocycles. The molecule has 6 heteroatoms. The van der Waals surface area contributed by atoms with Gasteiger partial charge in [-0.15, -0.1) is 0 Å². The van der Waals surface area contributed by atoms with Crippen molar-refractivity contribution in [3.8, 4) is 5.75 Å². The van der Waals surface area contributed by atoms with Gasteiger partial charge in [0.1, 0.15) is 17.6 Å². The van der Waals surface area contributed by atoms with Gasteiger partial charge < -0.3 is 15.0 Å². The molecule has 2 aromatic carbocycles. The Kier molecular flexibility index (Phi) is 7.99. The van der Waals surface area contributed by atoms with Crippen molar-refractivity contribution in [2.75, 3.05) is 13.7 Å². The summed E-state index contributed by atoms with van der Waals surface area (Å²) < 4.78 is 19.2. The molecule has 0 saturated heterocycles. The zero-order chi connectivity index (χ0) is 20.5. The molecule has 2 amide bonds. The van der Waals surface area contributed by atoms with E-state index in [9.17, 15) is 14.0 Å². The standard InChI is InChI=1S/C22H27FN2O3/c1-4-20(22(27)24-5-2)25(15-16-10-12-18(28-3)13-11-16)21(26)14-17-8-6-7-9-19(17)23/h6-13,20H,4-5,14-15H2,1-3H3,(H,24,27). The van der Waals surface area contributed by atoms with Crippen LogP contribution in [0, 0.1) is 5.82 Å². The number of ether oxygens (including phenoxy) is 1. The average Bonchev–Trinajstić information content (AvgIpc) is 2.70. The molecule has 5 nitrogen and oxygen atoms in total. The lowest BCUT2D eigenvalue weighted by Gasteiger charge is -2.30. The molecule has 0 aromatic heterocycles. The molecule has 1 unspecified atom stereocenters. The molecule has 150 valence electrons. The molecule has 1 N–H and O–H groups in total. The van der Waals surface area contributed by atoms with Gasteiger partial charge in [-0.2, -0.15) is 0 Å². The first-order valence-corrected chi connectivity index (χ1v) is 9.43. The molecule has 0 spiro atoms. The summed E-state index contributed by atoms with van der Waals surface area (Å²) in [5.74, 6) is -0.213. The number of nitrogens with zero attached hydrogens (tertiary/aromatic N) is 1. The number of nitrogens with one attached hydrogen (secondary N) is 1. The highest BCUT2D eigenvalue weighted by molar-refractivity contribution is 5.88. The second kappa shape index (κ2) is 10.4. The highest BCUT2D eigenvalue weighted by Gasteiger charge is 2.28. The van der Waals surface area contributed by atoms with Gasteiger partial charge >= 0.3 is 0 Å². The first-order valence-electron chi connectivity index (χ1n) is 9.43. The van der Waals surface area contributed by atoms with E-state index in [1.54, 1.807) is 25.3 Å². The Morgan fingerprint density at radius 2 is 1.79 bits per heavy atom. The summed E-state index contributed by atoms with van der Waals surface area (Å²) in [6, 6.07) is 12.9. The van der Waals surface area contributed by atoms with Crippen LogP contribution in [0.2, 0.25) is 0 Å². The molecule has 0 heterocycles. The SMILES string of the molecule is CCNC(=O)C(CC)N(Cc1ccc(OC)cc1)C(=O)Cc1ccccc1F. The maximum atomic E-state index is 14.0. The number of hydrogen-bond donors (Lipinski definition) is 1. The third-order valence-corrected chi connectivity index (χ3v) is 4.55. The Morgan fingerprint density at radius 1 is 1.11 bits per heavy atom. The highest BCUT2D eigenvalue weighted by Crippen LogP contribution is 2.18. The monoisotopic (exact) mass is 386 g/mol. The van der Waals surface area contributed by atoms with Crippen molar-refractivity contribution < 1.29 is 18.7 Å². The second-order valence-electron chi connectivity index (χ2n) is 6.46. The van der Waals surface area contributed by atoms with Crippen LogP contribution < -0.4 is 10.1 Å². The predicted octanol–water partition coefficient (Wildman–Crippen LogP) is 3.32. The minimum Gasteiger partial charge on any atom is -0.497 e. The van der Waals surface area contributed by atoms with Gasteiger partial charge in [0.2, 0.25) is 11.8 Å². The Balaban J connectivity index is 2.29. The zero-order valence-corrected chi connectivity index (χ0v) is 16.6. The average molecular weight is 386 g/mol. The topological polar surface area (TPSA) is 58.6 Å². The molecule has 28 heavy (non-hydrogen) atoms. The van der Waals surface area contributed by atoms with E-state index in [0.29, 0.717) is 24.3 Å². The van der Waals surface area contributed by atoms with Crippen LogP contribution in [0.3, 0.4) is 0 Å².